The summed E-state index contributed by atoms with van der Waals surface area (Å²) >= 11 is 0. The maximum Gasteiger partial charge on any atom is 0.0975 e. The maximum atomic E-state index is 6.00. The molecule has 148 valence electrons. The average molecular weight is 397 g/mol. The van der Waals surface area contributed by atoms with Gasteiger partial charge in [-0.15, -0.1) is 12.4 Å². The van der Waals surface area contributed by atoms with Gasteiger partial charge in [-0.3, -0.25) is 4.90 Å². The van der Waals surface area contributed by atoms with Crippen molar-refractivity contribution >= 4 is 12.4 Å². The van der Waals surface area contributed by atoms with Crippen molar-refractivity contribution in [3.05, 3.63) is 71.9 Å². The van der Waals surface area contributed by atoms with Gasteiger partial charge in [-0.1, -0.05) is 49.4 Å². The summed E-state index contributed by atoms with van der Waals surface area (Å²) in [6.45, 7) is 8.25. The fraction of sp³-hybridized carbons (Fsp3) is 0.348. The minimum absolute atomic E-state index is 0. The molecule has 0 bridgehead atoms. The number of aryl methyl sites for hydroxylation is 1. The number of para-hydroxylation sites is 1. The molecule has 0 saturated carbocycles. The van der Waals surface area contributed by atoms with Crippen LogP contribution in [0.1, 0.15) is 24.5 Å². The topological polar surface area (TPSA) is 47.1 Å². The van der Waals surface area contributed by atoms with Crippen LogP contribution in [0.5, 0.6) is 0 Å². The number of nitrogens with two attached hydrogens (primary N) is 1. The quantitative estimate of drug-likeness (QED) is 0.693. The predicted octanol–water partition coefficient (Wildman–Crippen LogP) is 4.44. The van der Waals surface area contributed by atoms with Crippen molar-refractivity contribution in [3.63, 3.8) is 0 Å². The van der Waals surface area contributed by atoms with Crippen LogP contribution < -0.4 is 5.73 Å². The van der Waals surface area contributed by atoms with Crippen LogP contribution in [0.4, 0.5) is 0 Å². The summed E-state index contributed by atoms with van der Waals surface area (Å²) in [5.41, 5.74) is 12.1. The summed E-state index contributed by atoms with van der Waals surface area (Å²) in [5.74, 6) is 0. The molecule has 3 aromatic rings. The molecule has 2 N–H and O–H groups in total. The van der Waals surface area contributed by atoms with Gasteiger partial charge in [0.15, 0.2) is 0 Å². The zero-order chi connectivity index (χ0) is 18.9. The molecule has 1 aromatic heterocycles. The Morgan fingerprint density at radius 2 is 1.79 bits per heavy atom. The first-order chi connectivity index (χ1) is 13.1. The summed E-state index contributed by atoms with van der Waals surface area (Å²) < 4.78 is 2.01. The van der Waals surface area contributed by atoms with Gasteiger partial charge in [-0.05, 0) is 49.5 Å². The monoisotopic (exact) mass is 396 g/mol. The van der Waals surface area contributed by atoms with Gasteiger partial charge in [0.25, 0.3) is 0 Å². The van der Waals surface area contributed by atoms with Crippen LogP contribution in [0, 0.1) is 12.3 Å². The van der Waals surface area contributed by atoms with E-state index in [4.69, 9.17) is 10.8 Å². The lowest BCUT2D eigenvalue weighted by atomic mass is 9.90. The standard InChI is InChI=1S/C23H28N4.ClH/c1-18-8-6-7-11-21(18)22-19(14-26-13-12-23(2,16-24)17-26)15-27(25-22)20-9-4-3-5-10-20;/h3-11,15H,12-14,16-17,24H2,1-2H3;1H. The summed E-state index contributed by atoms with van der Waals surface area (Å²) in [6.07, 6.45) is 3.35. The highest BCUT2D eigenvalue weighted by molar-refractivity contribution is 5.85. The van der Waals surface area contributed by atoms with E-state index in [2.05, 4.69) is 73.5 Å². The second-order valence-corrected chi connectivity index (χ2v) is 8.07. The molecule has 4 nitrogen and oxygen atoms in total. The van der Waals surface area contributed by atoms with Gasteiger partial charge >= 0.3 is 0 Å². The number of hydrogen-bond donors (Lipinski definition) is 1. The fourth-order valence-corrected chi connectivity index (χ4v) is 3.97. The third kappa shape index (κ3) is 4.14. The molecule has 4 rings (SSSR count). The van der Waals surface area contributed by atoms with Crippen LogP contribution in [0.2, 0.25) is 0 Å². The normalized spacial score (nSPS) is 19.5. The van der Waals surface area contributed by atoms with Gasteiger partial charge in [-0.2, -0.15) is 5.10 Å². The van der Waals surface area contributed by atoms with Crippen LogP contribution in [-0.4, -0.2) is 34.3 Å². The number of hydrogen-bond acceptors (Lipinski definition) is 3. The number of likely N-dealkylation sites (tertiary alicyclic amines) is 1. The molecule has 5 heteroatoms. The second-order valence-electron chi connectivity index (χ2n) is 8.07. The molecule has 0 amide bonds. The molecule has 0 radical (unpaired) electrons. The van der Waals surface area contributed by atoms with Crippen molar-refractivity contribution in [2.45, 2.75) is 26.8 Å². The molecular weight excluding hydrogens is 368 g/mol. The van der Waals surface area contributed by atoms with E-state index in [9.17, 15) is 0 Å². The number of nitrogens with zero attached hydrogens (tertiary/aromatic N) is 3. The summed E-state index contributed by atoms with van der Waals surface area (Å²) in [4.78, 5) is 2.51. The van der Waals surface area contributed by atoms with E-state index in [1.54, 1.807) is 0 Å². The zero-order valence-corrected chi connectivity index (χ0v) is 17.5. The van der Waals surface area contributed by atoms with Gasteiger partial charge in [0.1, 0.15) is 0 Å². The Kier molecular flexibility index (Phi) is 6.23. The zero-order valence-electron chi connectivity index (χ0n) is 16.6. The van der Waals surface area contributed by atoms with Crippen LogP contribution in [0.15, 0.2) is 60.8 Å². The summed E-state index contributed by atoms with van der Waals surface area (Å²) in [7, 11) is 0. The van der Waals surface area contributed by atoms with Crippen LogP contribution in [0.3, 0.4) is 0 Å². The largest absolute Gasteiger partial charge is 0.330 e. The van der Waals surface area contributed by atoms with E-state index in [1.807, 2.05) is 10.7 Å². The first-order valence-corrected chi connectivity index (χ1v) is 9.70. The first kappa shape index (κ1) is 20.6. The molecule has 1 atom stereocenters. The number of aromatic nitrogens is 2. The maximum absolute atomic E-state index is 6.00. The van der Waals surface area contributed by atoms with E-state index in [-0.39, 0.29) is 17.8 Å². The molecule has 1 saturated heterocycles. The number of benzene rings is 2. The van der Waals surface area contributed by atoms with Crippen LogP contribution in [0.25, 0.3) is 16.9 Å². The molecular formula is C23H29ClN4. The lowest BCUT2D eigenvalue weighted by Crippen LogP contribution is -2.31. The number of halogens is 1. The summed E-state index contributed by atoms with van der Waals surface area (Å²) in [6, 6.07) is 18.8. The van der Waals surface area contributed by atoms with Gasteiger partial charge in [-0.25, -0.2) is 4.68 Å². The second kappa shape index (κ2) is 8.48. The molecule has 28 heavy (non-hydrogen) atoms. The smallest absolute Gasteiger partial charge is 0.0975 e. The molecule has 0 spiro atoms. The van der Waals surface area contributed by atoms with E-state index < -0.39 is 0 Å². The molecule has 0 aliphatic carbocycles. The van der Waals surface area contributed by atoms with Crippen LogP contribution in [-0.2, 0) is 6.54 Å². The highest BCUT2D eigenvalue weighted by Crippen LogP contribution is 2.32. The van der Waals surface area contributed by atoms with E-state index >= 15 is 0 Å². The first-order valence-electron chi connectivity index (χ1n) is 9.70. The Labute approximate surface area is 173 Å². The Hall–Kier alpha value is -2.14. The van der Waals surface area contributed by atoms with Gasteiger partial charge in [0.2, 0.25) is 0 Å². The van der Waals surface area contributed by atoms with Crippen molar-refractivity contribution < 1.29 is 0 Å². The molecule has 1 aliphatic rings. The Morgan fingerprint density at radius 3 is 2.46 bits per heavy atom. The Morgan fingerprint density at radius 1 is 1.07 bits per heavy atom. The minimum Gasteiger partial charge on any atom is -0.330 e. The third-order valence-electron chi connectivity index (χ3n) is 5.73. The van der Waals surface area contributed by atoms with Gasteiger partial charge < -0.3 is 5.73 Å². The SMILES string of the molecule is Cc1ccccc1-c1nn(-c2ccccc2)cc1CN1CCC(C)(CN)C1.Cl. The van der Waals surface area contributed by atoms with E-state index in [0.29, 0.717) is 0 Å². The third-order valence-corrected chi connectivity index (χ3v) is 5.73. The molecule has 1 aliphatic heterocycles. The van der Waals surface area contributed by atoms with Crippen molar-refractivity contribution in [2.75, 3.05) is 19.6 Å². The minimum atomic E-state index is 0. The van der Waals surface area contributed by atoms with Gasteiger partial charge in [0.05, 0.1) is 11.4 Å². The van der Waals surface area contributed by atoms with Crippen LogP contribution >= 0.6 is 12.4 Å². The highest BCUT2D eigenvalue weighted by Gasteiger charge is 2.33. The Bertz CT molecular complexity index is 921. The van der Waals surface area contributed by atoms with Crippen molar-refractivity contribution in [2.24, 2.45) is 11.1 Å². The predicted molar refractivity (Wildman–Crippen MR) is 118 cm³/mol. The lowest BCUT2D eigenvalue weighted by molar-refractivity contribution is 0.274. The van der Waals surface area contributed by atoms with Crippen molar-refractivity contribution in [1.29, 1.82) is 0 Å². The summed E-state index contributed by atoms with van der Waals surface area (Å²) in [5, 5.41) is 4.98. The molecule has 2 aromatic carbocycles. The van der Waals surface area contributed by atoms with Crippen molar-refractivity contribution in [1.82, 2.24) is 14.7 Å². The van der Waals surface area contributed by atoms with E-state index in [0.717, 1.165) is 44.0 Å². The fourth-order valence-electron chi connectivity index (χ4n) is 3.97. The lowest BCUT2D eigenvalue weighted by Gasteiger charge is -2.22. The molecule has 1 fully saturated rings. The Balaban J connectivity index is 0.00000225. The van der Waals surface area contributed by atoms with E-state index in [1.165, 1.54) is 16.7 Å². The molecule has 2 heterocycles. The highest BCUT2D eigenvalue weighted by atomic mass is 35.5. The van der Waals surface area contributed by atoms with Crippen molar-refractivity contribution in [3.8, 4) is 16.9 Å². The average Bonchev–Trinajstić information content (AvgIpc) is 3.28. The van der Waals surface area contributed by atoms with Gasteiger partial charge in [0, 0.05) is 30.4 Å². The molecule has 1 unspecified atom stereocenters. The number of rotatable bonds is 5.